The van der Waals surface area contributed by atoms with Crippen molar-refractivity contribution in [1.82, 2.24) is 4.98 Å². The molecule has 2 heteroatoms. The Balaban J connectivity index is 2.61. The summed E-state index contributed by atoms with van der Waals surface area (Å²) in [5.41, 5.74) is 0.824. The van der Waals surface area contributed by atoms with Crippen LogP contribution in [-0.4, -0.2) is 10.1 Å². The highest BCUT2D eigenvalue weighted by Crippen LogP contribution is 2.35. The van der Waals surface area contributed by atoms with E-state index in [-0.39, 0.29) is 5.41 Å². The number of fused-ring (bicyclic) bond motifs is 1. The highest BCUT2D eigenvalue weighted by molar-refractivity contribution is 5.85. The van der Waals surface area contributed by atoms with Crippen molar-refractivity contribution in [3.63, 3.8) is 0 Å². The van der Waals surface area contributed by atoms with Gasteiger partial charge in [0.25, 0.3) is 0 Å². The molecule has 0 aliphatic rings. The maximum atomic E-state index is 10.3. The molecule has 1 heterocycles. The number of rotatable bonds is 1. The second kappa shape index (κ2) is 3.87. The van der Waals surface area contributed by atoms with Crippen LogP contribution in [-0.2, 0) is 0 Å². The van der Waals surface area contributed by atoms with Gasteiger partial charge in [0, 0.05) is 17.8 Å². The van der Waals surface area contributed by atoms with Crippen LogP contribution in [0.25, 0.3) is 10.8 Å². The molecule has 2 rings (SSSR count). The van der Waals surface area contributed by atoms with Crippen LogP contribution in [0, 0.1) is 5.41 Å². The maximum absolute atomic E-state index is 10.3. The zero-order chi connectivity index (χ0) is 11.8. The summed E-state index contributed by atoms with van der Waals surface area (Å²) in [6, 6.07) is 7.92. The number of aromatic nitrogens is 1. The van der Waals surface area contributed by atoms with Crippen LogP contribution >= 0.6 is 0 Å². The second-order valence-electron chi connectivity index (χ2n) is 5.21. The summed E-state index contributed by atoms with van der Waals surface area (Å²) < 4.78 is 0. The molecule has 1 aromatic carbocycles. The Hall–Kier alpha value is -1.41. The van der Waals surface area contributed by atoms with Gasteiger partial charge in [0.2, 0.25) is 0 Å². The van der Waals surface area contributed by atoms with Gasteiger partial charge < -0.3 is 5.11 Å². The predicted molar refractivity (Wildman–Crippen MR) is 66.2 cm³/mol. The summed E-state index contributed by atoms with van der Waals surface area (Å²) in [5, 5.41) is 12.5. The molecule has 2 aromatic rings. The molecule has 0 spiro atoms. The number of aliphatic hydroxyl groups is 1. The molecular formula is C14H17NO. The van der Waals surface area contributed by atoms with Crippen LogP contribution in [0.4, 0.5) is 0 Å². The SMILES string of the molecule is CC(C)(C)C(O)c1cccc2cnccc12. The van der Waals surface area contributed by atoms with Crippen molar-refractivity contribution >= 4 is 10.8 Å². The van der Waals surface area contributed by atoms with Crippen LogP contribution in [0.15, 0.2) is 36.7 Å². The third-order valence-corrected chi connectivity index (χ3v) is 2.83. The molecule has 1 atom stereocenters. The Morgan fingerprint density at radius 1 is 1.19 bits per heavy atom. The minimum Gasteiger partial charge on any atom is -0.388 e. The minimum atomic E-state index is -0.460. The van der Waals surface area contributed by atoms with Crippen LogP contribution in [0.5, 0.6) is 0 Å². The summed E-state index contributed by atoms with van der Waals surface area (Å²) in [4.78, 5) is 4.09. The molecule has 0 saturated heterocycles. The van der Waals surface area contributed by atoms with Gasteiger partial charge in [-0.15, -0.1) is 0 Å². The molecule has 0 radical (unpaired) electrons. The van der Waals surface area contributed by atoms with E-state index in [1.165, 1.54) is 0 Å². The van der Waals surface area contributed by atoms with Crippen LogP contribution in [0.1, 0.15) is 32.4 Å². The summed E-state index contributed by atoms with van der Waals surface area (Å²) in [6.45, 7) is 6.12. The fourth-order valence-corrected chi connectivity index (χ4v) is 1.85. The van der Waals surface area contributed by atoms with Gasteiger partial charge in [-0.1, -0.05) is 39.0 Å². The van der Waals surface area contributed by atoms with E-state index < -0.39 is 6.10 Å². The van der Waals surface area contributed by atoms with Gasteiger partial charge in [0.1, 0.15) is 0 Å². The van der Waals surface area contributed by atoms with E-state index in [0.717, 1.165) is 16.3 Å². The third kappa shape index (κ3) is 1.93. The molecule has 16 heavy (non-hydrogen) atoms. The van der Waals surface area contributed by atoms with Gasteiger partial charge in [-0.2, -0.15) is 0 Å². The lowest BCUT2D eigenvalue weighted by atomic mass is 9.83. The van der Waals surface area contributed by atoms with Crippen LogP contribution in [0.2, 0.25) is 0 Å². The first kappa shape index (κ1) is 11.1. The topological polar surface area (TPSA) is 33.1 Å². The molecular weight excluding hydrogens is 198 g/mol. The zero-order valence-corrected chi connectivity index (χ0v) is 9.94. The Bertz CT molecular complexity index is 494. The molecule has 0 amide bonds. The number of benzene rings is 1. The molecule has 0 fully saturated rings. The standard InChI is InChI=1S/C14H17NO/c1-14(2,3)13(16)12-6-4-5-10-9-15-8-7-11(10)12/h4-9,13,16H,1-3H3. The Morgan fingerprint density at radius 2 is 1.94 bits per heavy atom. The highest BCUT2D eigenvalue weighted by atomic mass is 16.3. The molecule has 0 aliphatic heterocycles. The van der Waals surface area contributed by atoms with Crippen LogP contribution in [0.3, 0.4) is 0 Å². The number of pyridine rings is 1. The molecule has 0 bridgehead atoms. The average Bonchev–Trinajstić information content (AvgIpc) is 2.26. The predicted octanol–water partition coefficient (Wildman–Crippen LogP) is 3.31. The van der Waals surface area contributed by atoms with Crippen molar-refractivity contribution in [1.29, 1.82) is 0 Å². The van der Waals surface area contributed by atoms with Gasteiger partial charge in [0.15, 0.2) is 0 Å². The van der Waals surface area contributed by atoms with E-state index in [4.69, 9.17) is 0 Å². The van der Waals surface area contributed by atoms with Gasteiger partial charge in [0.05, 0.1) is 6.10 Å². The highest BCUT2D eigenvalue weighted by Gasteiger charge is 2.24. The van der Waals surface area contributed by atoms with Gasteiger partial charge >= 0.3 is 0 Å². The van der Waals surface area contributed by atoms with E-state index in [1.807, 2.05) is 51.2 Å². The van der Waals surface area contributed by atoms with E-state index in [2.05, 4.69) is 4.98 Å². The van der Waals surface area contributed by atoms with E-state index in [0.29, 0.717) is 0 Å². The summed E-state index contributed by atoms with van der Waals surface area (Å²) in [6.07, 6.45) is 3.13. The lowest BCUT2D eigenvalue weighted by Gasteiger charge is -2.27. The van der Waals surface area contributed by atoms with Gasteiger partial charge in [-0.3, -0.25) is 4.98 Å². The number of hydrogen-bond acceptors (Lipinski definition) is 2. The molecule has 0 saturated carbocycles. The van der Waals surface area contributed by atoms with Gasteiger partial charge in [-0.05, 0) is 22.4 Å². The quantitative estimate of drug-likeness (QED) is 0.791. The number of hydrogen-bond donors (Lipinski definition) is 1. The second-order valence-corrected chi connectivity index (χ2v) is 5.21. The van der Waals surface area contributed by atoms with Crippen molar-refractivity contribution in [2.24, 2.45) is 5.41 Å². The molecule has 0 aliphatic carbocycles. The molecule has 1 unspecified atom stereocenters. The minimum absolute atomic E-state index is 0.155. The fraction of sp³-hybridized carbons (Fsp3) is 0.357. The summed E-state index contributed by atoms with van der Waals surface area (Å²) in [5.74, 6) is 0. The molecule has 1 N–H and O–H groups in total. The first-order valence-electron chi connectivity index (χ1n) is 5.51. The first-order chi connectivity index (χ1) is 7.50. The van der Waals surface area contributed by atoms with E-state index in [9.17, 15) is 5.11 Å². The summed E-state index contributed by atoms with van der Waals surface area (Å²) in [7, 11) is 0. The maximum Gasteiger partial charge on any atom is 0.0844 e. The van der Waals surface area contributed by atoms with Crippen molar-refractivity contribution in [2.75, 3.05) is 0 Å². The van der Waals surface area contributed by atoms with Crippen LogP contribution < -0.4 is 0 Å². The normalized spacial score (nSPS) is 14.0. The summed E-state index contributed by atoms with van der Waals surface area (Å²) >= 11 is 0. The molecule has 1 aromatic heterocycles. The zero-order valence-electron chi connectivity index (χ0n) is 9.94. The monoisotopic (exact) mass is 215 g/mol. The largest absolute Gasteiger partial charge is 0.388 e. The van der Waals surface area contributed by atoms with E-state index >= 15 is 0 Å². The van der Waals surface area contributed by atoms with E-state index in [1.54, 1.807) is 6.20 Å². The Labute approximate surface area is 96.0 Å². The Morgan fingerprint density at radius 3 is 2.62 bits per heavy atom. The Kier molecular flexibility index (Phi) is 2.68. The van der Waals surface area contributed by atoms with Crippen molar-refractivity contribution < 1.29 is 5.11 Å². The lowest BCUT2D eigenvalue weighted by molar-refractivity contribution is 0.0639. The molecule has 2 nitrogen and oxygen atoms in total. The lowest BCUT2D eigenvalue weighted by Crippen LogP contribution is -2.18. The number of nitrogens with zero attached hydrogens (tertiary/aromatic N) is 1. The van der Waals surface area contributed by atoms with Gasteiger partial charge in [-0.25, -0.2) is 0 Å². The molecule has 84 valence electrons. The van der Waals surface area contributed by atoms with Crippen molar-refractivity contribution in [3.8, 4) is 0 Å². The smallest absolute Gasteiger partial charge is 0.0844 e. The first-order valence-corrected chi connectivity index (χ1v) is 5.51. The fourth-order valence-electron chi connectivity index (χ4n) is 1.85. The van der Waals surface area contributed by atoms with Crippen molar-refractivity contribution in [3.05, 3.63) is 42.2 Å². The van der Waals surface area contributed by atoms with Crippen molar-refractivity contribution in [2.45, 2.75) is 26.9 Å². The number of aliphatic hydroxyl groups excluding tert-OH is 1. The average molecular weight is 215 g/mol. The third-order valence-electron chi connectivity index (χ3n) is 2.83.